The standard InChI is InChI=1S/C17H16F2N4O3S/c1-9-13(14-20-7-8-23(14)16(18)19)27-17(21-9)22-15(24)10-5-4-6-11(25-2)12(10)26-3/h4-8,16H,1-3H3,(H,21,22,24). The predicted octanol–water partition coefficient (Wildman–Crippen LogP) is 3.98. The van der Waals surface area contributed by atoms with E-state index in [0.29, 0.717) is 22.1 Å². The molecule has 7 nitrogen and oxygen atoms in total. The van der Waals surface area contributed by atoms with Crippen molar-refractivity contribution in [3.8, 4) is 22.2 Å². The molecule has 3 aromatic rings. The summed E-state index contributed by atoms with van der Waals surface area (Å²) in [5.74, 6) is 0.349. The Hall–Kier alpha value is -3.01. The van der Waals surface area contributed by atoms with Gasteiger partial charge in [0.25, 0.3) is 5.91 Å². The molecule has 0 saturated carbocycles. The molecule has 0 aliphatic carbocycles. The van der Waals surface area contributed by atoms with Crippen LogP contribution in [0.3, 0.4) is 0 Å². The molecular formula is C17H16F2N4O3S. The van der Waals surface area contributed by atoms with Gasteiger partial charge in [-0.05, 0) is 19.1 Å². The summed E-state index contributed by atoms with van der Waals surface area (Å²) in [6.07, 6.45) is 2.48. The van der Waals surface area contributed by atoms with E-state index in [9.17, 15) is 13.6 Å². The zero-order valence-corrected chi connectivity index (χ0v) is 15.5. The lowest BCUT2D eigenvalue weighted by Gasteiger charge is -2.11. The van der Waals surface area contributed by atoms with Gasteiger partial charge in [0.05, 0.1) is 30.4 Å². The Morgan fingerprint density at radius 2 is 2.07 bits per heavy atom. The lowest BCUT2D eigenvalue weighted by molar-refractivity contribution is 0.0720. The molecule has 2 aromatic heterocycles. The highest BCUT2D eigenvalue weighted by molar-refractivity contribution is 7.19. The summed E-state index contributed by atoms with van der Waals surface area (Å²) >= 11 is 1.06. The number of rotatable bonds is 6. The number of nitrogens with zero attached hydrogens (tertiary/aromatic N) is 3. The van der Waals surface area contributed by atoms with Crippen LogP contribution in [-0.2, 0) is 0 Å². The fourth-order valence-electron chi connectivity index (χ4n) is 2.53. The molecule has 10 heteroatoms. The Morgan fingerprint density at radius 3 is 2.74 bits per heavy atom. The molecule has 0 saturated heterocycles. The van der Waals surface area contributed by atoms with E-state index in [0.717, 1.165) is 15.9 Å². The number of benzene rings is 1. The van der Waals surface area contributed by atoms with Gasteiger partial charge < -0.3 is 9.47 Å². The van der Waals surface area contributed by atoms with Crippen LogP contribution in [0.4, 0.5) is 13.9 Å². The fraction of sp³-hybridized carbons (Fsp3) is 0.235. The summed E-state index contributed by atoms with van der Waals surface area (Å²) in [5, 5.41) is 2.93. The zero-order chi connectivity index (χ0) is 19.6. The minimum atomic E-state index is -2.72. The Balaban J connectivity index is 1.90. The molecule has 1 aromatic carbocycles. The molecule has 0 bridgehead atoms. The van der Waals surface area contributed by atoms with Crippen molar-refractivity contribution in [1.29, 1.82) is 0 Å². The van der Waals surface area contributed by atoms with Crippen molar-refractivity contribution in [3.63, 3.8) is 0 Å². The number of ether oxygens (including phenoxy) is 2. The third kappa shape index (κ3) is 3.61. The van der Waals surface area contributed by atoms with Crippen molar-refractivity contribution in [3.05, 3.63) is 41.9 Å². The average Bonchev–Trinajstić information content (AvgIpc) is 3.27. The monoisotopic (exact) mass is 394 g/mol. The number of anilines is 1. The van der Waals surface area contributed by atoms with E-state index in [1.165, 1.54) is 26.6 Å². The largest absolute Gasteiger partial charge is 0.493 e. The molecule has 0 unspecified atom stereocenters. The highest BCUT2D eigenvalue weighted by atomic mass is 32.1. The molecule has 27 heavy (non-hydrogen) atoms. The van der Waals surface area contributed by atoms with Crippen molar-refractivity contribution >= 4 is 22.4 Å². The number of methoxy groups -OCH3 is 2. The summed E-state index contributed by atoms with van der Waals surface area (Å²) in [6.45, 7) is -1.05. The van der Waals surface area contributed by atoms with Crippen molar-refractivity contribution in [2.75, 3.05) is 19.5 Å². The number of halogens is 2. The number of aryl methyl sites for hydroxylation is 1. The normalized spacial score (nSPS) is 10.9. The van der Waals surface area contributed by atoms with Crippen molar-refractivity contribution in [1.82, 2.24) is 14.5 Å². The van der Waals surface area contributed by atoms with Crippen LogP contribution in [0.25, 0.3) is 10.7 Å². The van der Waals surface area contributed by atoms with Crippen molar-refractivity contribution < 1.29 is 23.0 Å². The first-order valence-electron chi connectivity index (χ1n) is 7.77. The van der Waals surface area contributed by atoms with Gasteiger partial charge in [0, 0.05) is 12.4 Å². The molecule has 3 rings (SSSR count). The number of hydrogen-bond donors (Lipinski definition) is 1. The predicted molar refractivity (Wildman–Crippen MR) is 96.8 cm³/mol. The van der Waals surface area contributed by atoms with Gasteiger partial charge in [0.1, 0.15) is 0 Å². The van der Waals surface area contributed by atoms with Gasteiger partial charge in [-0.25, -0.2) is 9.97 Å². The summed E-state index contributed by atoms with van der Waals surface area (Å²) in [7, 11) is 2.91. The topological polar surface area (TPSA) is 78.3 Å². The van der Waals surface area contributed by atoms with Gasteiger partial charge >= 0.3 is 6.55 Å². The summed E-state index contributed by atoms with van der Waals surface area (Å²) in [5.41, 5.74) is 0.751. The Bertz CT molecular complexity index is 971. The molecule has 0 spiro atoms. The van der Waals surface area contributed by atoms with Gasteiger partial charge in [-0.3, -0.25) is 14.7 Å². The van der Waals surface area contributed by atoms with Crippen molar-refractivity contribution in [2.24, 2.45) is 0 Å². The van der Waals surface area contributed by atoms with E-state index in [2.05, 4.69) is 15.3 Å². The first-order chi connectivity index (χ1) is 13.0. The van der Waals surface area contributed by atoms with Crippen LogP contribution in [0.1, 0.15) is 22.6 Å². The number of thiazole rings is 1. The first kappa shape index (κ1) is 18.8. The number of para-hydroxylation sites is 1. The number of carbonyl (C=O) groups is 1. The second kappa shape index (κ2) is 7.70. The van der Waals surface area contributed by atoms with Gasteiger partial charge in [-0.15, -0.1) is 0 Å². The molecular weight excluding hydrogens is 378 g/mol. The fourth-order valence-corrected chi connectivity index (χ4v) is 3.50. The maximum Gasteiger partial charge on any atom is 0.320 e. The summed E-state index contributed by atoms with van der Waals surface area (Å²) in [4.78, 5) is 21.3. The quantitative estimate of drug-likeness (QED) is 0.684. The van der Waals surface area contributed by atoms with E-state index in [4.69, 9.17) is 9.47 Å². The van der Waals surface area contributed by atoms with E-state index in [1.54, 1.807) is 25.1 Å². The van der Waals surface area contributed by atoms with Crippen molar-refractivity contribution in [2.45, 2.75) is 13.5 Å². The highest BCUT2D eigenvalue weighted by Gasteiger charge is 2.21. The molecule has 0 radical (unpaired) electrons. The van der Waals surface area contributed by atoms with E-state index < -0.39 is 12.5 Å². The smallest absolute Gasteiger partial charge is 0.320 e. The number of nitrogens with one attached hydrogen (secondary N) is 1. The van der Waals surface area contributed by atoms with E-state index in [1.807, 2.05) is 0 Å². The average molecular weight is 394 g/mol. The van der Waals surface area contributed by atoms with Gasteiger partial charge in [-0.1, -0.05) is 17.4 Å². The zero-order valence-electron chi connectivity index (χ0n) is 14.7. The second-order valence-corrected chi connectivity index (χ2v) is 6.36. The van der Waals surface area contributed by atoms with Gasteiger partial charge in [0.2, 0.25) is 0 Å². The van der Waals surface area contributed by atoms with Crippen LogP contribution >= 0.6 is 11.3 Å². The van der Waals surface area contributed by atoms with Crippen LogP contribution in [0.15, 0.2) is 30.6 Å². The number of imidazole rings is 1. The minimum absolute atomic E-state index is 0.0967. The van der Waals surface area contributed by atoms with Gasteiger partial charge in [0.15, 0.2) is 22.5 Å². The lowest BCUT2D eigenvalue weighted by atomic mass is 10.1. The maximum absolute atomic E-state index is 13.1. The number of aromatic nitrogens is 3. The van der Waals surface area contributed by atoms with Crippen LogP contribution in [0.2, 0.25) is 0 Å². The third-order valence-corrected chi connectivity index (χ3v) is 4.82. The van der Waals surface area contributed by atoms with Crippen LogP contribution in [-0.4, -0.2) is 34.7 Å². The van der Waals surface area contributed by atoms with E-state index in [-0.39, 0.29) is 16.5 Å². The van der Waals surface area contributed by atoms with Gasteiger partial charge in [-0.2, -0.15) is 8.78 Å². The summed E-state index contributed by atoms with van der Waals surface area (Å²) in [6, 6.07) is 4.92. The first-order valence-corrected chi connectivity index (χ1v) is 8.59. The number of amides is 1. The molecule has 0 aliphatic rings. The molecule has 0 fully saturated rings. The number of hydrogen-bond acceptors (Lipinski definition) is 6. The second-order valence-electron chi connectivity index (χ2n) is 5.36. The van der Waals surface area contributed by atoms with E-state index >= 15 is 0 Å². The Morgan fingerprint density at radius 1 is 1.30 bits per heavy atom. The molecule has 2 heterocycles. The molecule has 0 aliphatic heterocycles. The maximum atomic E-state index is 13.1. The minimum Gasteiger partial charge on any atom is -0.493 e. The number of carbonyl (C=O) groups excluding carboxylic acids is 1. The molecule has 142 valence electrons. The lowest BCUT2D eigenvalue weighted by Crippen LogP contribution is -2.13. The Kier molecular flexibility index (Phi) is 5.36. The summed E-state index contributed by atoms with van der Waals surface area (Å²) < 4.78 is 37.4. The molecule has 1 amide bonds. The SMILES string of the molecule is COc1cccc(C(=O)Nc2nc(C)c(-c3nccn3C(F)F)s2)c1OC. The third-order valence-electron chi connectivity index (χ3n) is 3.75. The highest BCUT2D eigenvalue weighted by Crippen LogP contribution is 2.35. The van der Waals surface area contributed by atoms with Crippen LogP contribution < -0.4 is 14.8 Å². The van der Waals surface area contributed by atoms with Crippen LogP contribution in [0, 0.1) is 6.92 Å². The molecule has 1 N–H and O–H groups in total. The van der Waals surface area contributed by atoms with Crippen LogP contribution in [0.5, 0.6) is 11.5 Å². The Labute approximate surface area is 157 Å². The molecule has 0 atom stereocenters. The number of alkyl halides is 2.